The molecule has 1 atom stereocenters. The second kappa shape index (κ2) is 2.64. The smallest absolute Gasteiger partial charge is 0.179 e. The lowest BCUT2D eigenvalue weighted by molar-refractivity contribution is -0.124. The van der Waals surface area contributed by atoms with Crippen LogP contribution in [0, 0.1) is 5.92 Å². The number of carbonyl (C=O) groups is 1. The molecule has 0 aliphatic carbocycles. The van der Waals surface area contributed by atoms with E-state index in [1.54, 1.807) is 6.34 Å². The molecule has 3 nitrogen and oxygen atoms in total. The van der Waals surface area contributed by atoms with Crippen LogP contribution < -0.4 is 5.32 Å². The van der Waals surface area contributed by atoms with Gasteiger partial charge in [0.15, 0.2) is 5.78 Å². The van der Waals surface area contributed by atoms with Gasteiger partial charge in [-0.05, 0) is 12.8 Å². The number of rotatable bonds is 1. The molecule has 0 fully saturated rings. The van der Waals surface area contributed by atoms with Gasteiger partial charge >= 0.3 is 0 Å². The number of hydrogen-bond acceptors (Lipinski definition) is 3. The van der Waals surface area contributed by atoms with E-state index in [2.05, 4.69) is 10.3 Å². The molecule has 1 N–H and O–H groups in total. The Kier molecular flexibility index (Phi) is 1.98. The van der Waals surface area contributed by atoms with Crippen LogP contribution in [0.2, 0.25) is 0 Å². The third-order valence-electron chi connectivity index (χ3n) is 2.42. The van der Waals surface area contributed by atoms with E-state index < -0.39 is 5.54 Å². The Morgan fingerprint density at radius 2 is 2.36 bits per heavy atom. The number of carbonyl (C=O) groups excluding carboxylic acids is 1. The lowest BCUT2D eigenvalue weighted by atomic mass is 9.84. The highest BCUT2D eigenvalue weighted by atomic mass is 16.1. The predicted octanol–water partition coefficient (Wildman–Crippen LogP) is 0.602. The van der Waals surface area contributed by atoms with Crippen molar-refractivity contribution in [1.82, 2.24) is 5.32 Å². The molecule has 0 aromatic heterocycles. The highest BCUT2D eigenvalue weighted by Gasteiger charge is 2.36. The van der Waals surface area contributed by atoms with Gasteiger partial charge in [0.1, 0.15) is 6.54 Å². The minimum Gasteiger partial charge on any atom is -0.364 e. The highest BCUT2D eigenvalue weighted by Crippen LogP contribution is 2.18. The molecule has 0 aromatic rings. The van der Waals surface area contributed by atoms with E-state index in [9.17, 15) is 4.79 Å². The summed E-state index contributed by atoms with van der Waals surface area (Å²) in [5.41, 5.74) is -0.401. The SMILES string of the molecule is CC(C)C1(C)NC=NCC1=O. The Morgan fingerprint density at radius 3 is 2.73 bits per heavy atom. The molecule has 0 amide bonds. The first kappa shape index (κ1) is 8.24. The Labute approximate surface area is 66.9 Å². The van der Waals surface area contributed by atoms with Crippen LogP contribution in [-0.2, 0) is 4.79 Å². The first-order valence-electron chi connectivity index (χ1n) is 3.86. The first-order valence-corrected chi connectivity index (χ1v) is 3.86. The van der Waals surface area contributed by atoms with Crippen LogP contribution in [-0.4, -0.2) is 24.2 Å². The van der Waals surface area contributed by atoms with Crippen molar-refractivity contribution in [2.24, 2.45) is 10.9 Å². The summed E-state index contributed by atoms with van der Waals surface area (Å²) in [4.78, 5) is 15.2. The number of ketones is 1. The zero-order valence-electron chi connectivity index (χ0n) is 7.22. The molecule has 11 heavy (non-hydrogen) atoms. The molecule has 1 rings (SSSR count). The van der Waals surface area contributed by atoms with E-state index in [0.717, 1.165) is 0 Å². The van der Waals surface area contributed by atoms with Crippen LogP contribution in [0.1, 0.15) is 20.8 Å². The second-order valence-electron chi connectivity index (χ2n) is 3.39. The van der Waals surface area contributed by atoms with Crippen LogP contribution in [0.3, 0.4) is 0 Å². The minimum absolute atomic E-state index is 0.176. The maximum atomic E-state index is 11.4. The molecule has 62 valence electrons. The van der Waals surface area contributed by atoms with Crippen molar-refractivity contribution in [1.29, 1.82) is 0 Å². The standard InChI is InChI=1S/C8H14N2O/c1-6(2)8(3)7(11)4-9-5-10-8/h5-6H,4H2,1-3H3,(H,9,10). The molecule has 0 radical (unpaired) electrons. The summed E-state index contributed by atoms with van der Waals surface area (Å²) in [7, 11) is 0. The fraction of sp³-hybridized carbons (Fsp3) is 0.750. The Balaban J connectivity index is 2.84. The van der Waals surface area contributed by atoms with E-state index >= 15 is 0 Å². The predicted molar refractivity (Wildman–Crippen MR) is 44.7 cm³/mol. The average molecular weight is 154 g/mol. The fourth-order valence-electron chi connectivity index (χ4n) is 1.04. The topological polar surface area (TPSA) is 41.5 Å². The van der Waals surface area contributed by atoms with E-state index in [1.165, 1.54) is 0 Å². The zero-order valence-corrected chi connectivity index (χ0v) is 7.22. The molecule has 1 heterocycles. The van der Waals surface area contributed by atoms with Crippen LogP contribution >= 0.6 is 0 Å². The molecule has 0 saturated heterocycles. The molecule has 0 aromatic carbocycles. The highest BCUT2D eigenvalue weighted by molar-refractivity contribution is 5.94. The Hall–Kier alpha value is -0.860. The molecule has 0 spiro atoms. The van der Waals surface area contributed by atoms with E-state index in [0.29, 0.717) is 12.5 Å². The van der Waals surface area contributed by atoms with Crippen molar-refractivity contribution in [2.45, 2.75) is 26.3 Å². The van der Waals surface area contributed by atoms with Gasteiger partial charge in [-0.3, -0.25) is 9.79 Å². The van der Waals surface area contributed by atoms with Crippen molar-refractivity contribution >= 4 is 12.1 Å². The molecule has 3 heteroatoms. The van der Waals surface area contributed by atoms with Crippen molar-refractivity contribution in [3.8, 4) is 0 Å². The lowest BCUT2D eigenvalue weighted by Gasteiger charge is -2.34. The normalized spacial score (nSPS) is 30.7. The van der Waals surface area contributed by atoms with Gasteiger partial charge < -0.3 is 5.32 Å². The monoisotopic (exact) mass is 154 g/mol. The van der Waals surface area contributed by atoms with Crippen LogP contribution in [0.5, 0.6) is 0 Å². The third kappa shape index (κ3) is 1.27. The number of aliphatic imine (C=N–C) groups is 1. The molecule has 1 aliphatic rings. The molecule has 1 aliphatic heterocycles. The Morgan fingerprint density at radius 1 is 1.73 bits per heavy atom. The number of hydrogen-bond donors (Lipinski definition) is 1. The van der Waals surface area contributed by atoms with E-state index in [-0.39, 0.29) is 5.78 Å². The van der Waals surface area contributed by atoms with Crippen LogP contribution in [0.25, 0.3) is 0 Å². The van der Waals surface area contributed by atoms with E-state index in [1.807, 2.05) is 20.8 Å². The number of Topliss-reactive ketones (excluding diaryl/α,β-unsaturated/α-hetero) is 1. The molecular formula is C8H14N2O. The quantitative estimate of drug-likeness (QED) is 0.601. The van der Waals surface area contributed by atoms with Crippen molar-refractivity contribution in [3.05, 3.63) is 0 Å². The first-order chi connectivity index (χ1) is 5.07. The summed E-state index contributed by atoms with van der Waals surface area (Å²) in [6, 6.07) is 0. The van der Waals surface area contributed by atoms with E-state index in [4.69, 9.17) is 0 Å². The van der Waals surface area contributed by atoms with Crippen LogP contribution in [0.15, 0.2) is 4.99 Å². The molecular weight excluding hydrogens is 140 g/mol. The summed E-state index contributed by atoms with van der Waals surface area (Å²) in [6.45, 7) is 6.31. The average Bonchev–Trinajstić information content (AvgIpc) is 1.95. The van der Waals surface area contributed by atoms with Gasteiger partial charge in [0.05, 0.1) is 11.9 Å². The fourth-order valence-corrected chi connectivity index (χ4v) is 1.04. The van der Waals surface area contributed by atoms with Gasteiger partial charge in [-0.25, -0.2) is 0 Å². The van der Waals surface area contributed by atoms with Gasteiger partial charge in [-0.1, -0.05) is 13.8 Å². The van der Waals surface area contributed by atoms with Gasteiger partial charge in [0.25, 0.3) is 0 Å². The van der Waals surface area contributed by atoms with Gasteiger partial charge in [0.2, 0.25) is 0 Å². The zero-order chi connectivity index (χ0) is 8.48. The maximum absolute atomic E-state index is 11.4. The number of nitrogens with zero attached hydrogens (tertiary/aromatic N) is 1. The van der Waals surface area contributed by atoms with Gasteiger partial charge in [-0.2, -0.15) is 0 Å². The van der Waals surface area contributed by atoms with Gasteiger partial charge in [-0.15, -0.1) is 0 Å². The summed E-state index contributed by atoms with van der Waals surface area (Å²) in [5, 5.41) is 3.00. The van der Waals surface area contributed by atoms with Crippen molar-refractivity contribution in [2.75, 3.05) is 6.54 Å². The van der Waals surface area contributed by atoms with Crippen LogP contribution in [0.4, 0.5) is 0 Å². The lowest BCUT2D eigenvalue weighted by Crippen LogP contribution is -2.56. The summed E-state index contributed by atoms with van der Waals surface area (Å²) in [5.74, 6) is 0.483. The maximum Gasteiger partial charge on any atom is 0.179 e. The summed E-state index contributed by atoms with van der Waals surface area (Å²) >= 11 is 0. The third-order valence-corrected chi connectivity index (χ3v) is 2.42. The molecule has 1 unspecified atom stereocenters. The molecule has 0 saturated carbocycles. The van der Waals surface area contributed by atoms with Gasteiger partial charge in [0, 0.05) is 0 Å². The molecule has 0 bridgehead atoms. The largest absolute Gasteiger partial charge is 0.364 e. The van der Waals surface area contributed by atoms with Crippen molar-refractivity contribution in [3.63, 3.8) is 0 Å². The van der Waals surface area contributed by atoms with Crippen molar-refractivity contribution < 1.29 is 4.79 Å². The minimum atomic E-state index is -0.401. The Bertz CT molecular complexity index is 198. The summed E-state index contributed by atoms with van der Waals surface area (Å²) < 4.78 is 0. The number of nitrogens with one attached hydrogen (secondary N) is 1. The summed E-state index contributed by atoms with van der Waals surface area (Å²) in [6.07, 6.45) is 1.63. The second-order valence-corrected chi connectivity index (χ2v) is 3.39.